The van der Waals surface area contributed by atoms with Crippen LogP contribution in [0.15, 0.2) is 12.4 Å². The Balaban J connectivity index is 2.16. The molecule has 0 spiro atoms. The number of carboxylic acids is 1. The van der Waals surface area contributed by atoms with Gasteiger partial charge in [-0.25, -0.2) is 4.98 Å². The lowest BCUT2D eigenvalue weighted by Crippen LogP contribution is -2.47. The van der Waals surface area contributed by atoms with Crippen molar-refractivity contribution in [2.24, 2.45) is 0 Å². The van der Waals surface area contributed by atoms with Crippen molar-refractivity contribution in [1.29, 1.82) is 0 Å². The molecule has 1 saturated heterocycles. The van der Waals surface area contributed by atoms with Gasteiger partial charge in [-0.05, 0) is 33.2 Å². The van der Waals surface area contributed by atoms with Crippen molar-refractivity contribution in [3.63, 3.8) is 0 Å². The maximum Gasteiger partial charge on any atom is 0.323 e. The largest absolute Gasteiger partial charge is 0.480 e. The molecule has 1 N–H and O–H groups in total. The second kappa shape index (κ2) is 4.49. The quantitative estimate of drug-likeness (QED) is 0.858. The Morgan fingerprint density at radius 1 is 1.65 bits per heavy atom. The minimum absolute atomic E-state index is 0.615. The van der Waals surface area contributed by atoms with E-state index in [1.807, 2.05) is 18.0 Å². The second-order valence-corrected chi connectivity index (χ2v) is 4.73. The third kappa shape index (κ3) is 2.07. The van der Waals surface area contributed by atoms with Crippen LogP contribution in [0, 0.1) is 0 Å². The smallest absolute Gasteiger partial charge is 0.323 e. The van der Waals surface area contributed by atoms with Crippen LogP contribution in [0.2, 0.25) is 0 Å². The average molecular weight is 237 g/mol. The van der Waals surface area contributed by atoms with Crippen LogP contribution in [0.5, 0.6) is 0 Å². The summed E-state index contributed by atoms with van der Waals surface area (Å²) in [5.74, 6) is 0.214. The zero-order valence-corrected chi connectivity index (χ0v) is 10.4. The summed E-state index contributed by atoms with van der Waals surface area (Å²) in [6.45, 7) is 6.18. The lowest BCUT2D eigenvalue weighted by Gasteiger charge is -2.30. The van der Waals surface area contributed by atoms with Gasteiger partial charge in [0.05, 0.1) is 6.54 Å². The molecule has 1 unspecified atom stereocenters. The van der Waals surface area contributed by atoms with E-state index < -0.39 is 11.5 Å². The Labute approximate surface area is 101 Å². The Morgan fingerprint density at radius 3 is 3.06 bits per heavy atom. The normalized spacial score (nSPS) is 25.3. The Bertz CT molecular complexity index is 416. The number of hydrogen-bond acceptors (Lipinski definition) is 3. The maximum atomic E-state index is 11.3. The first-order valence-electron chi connectivity index (χ1n) is 6.06. The van der Waals surface area contributed by atoms with E-state index in [-0.39, 0.29) is 0 Å². The lowest BCUT2D eigenvalue weighted by molar-refractivity contribution is -0.149. The molecular formula is C12H19N3O2. The monoisotopic (exact) mass is 237 g/mol. The van der Waals surface area contributed by atoms with E-state index in [2.05, 4.69) is 16.5 Å². The Hall–Kier alpha value is -1.36. The first kappa shape index (κ1) is 12.1. The average Bonchev–Trinajstić information content (AvgIpc) is 2.88. The SMILES string of the molecule is CCn1ccnc1CN1CCCC1(C)C(=O)O. The van der Waals surface area contributed by atoms with Crippen LogP contribution in [0.1, 0.15) is 32.5 Å². The van der Waals surface area contributed by atoms with Crippen LogP contribution in [0.4, 0.5) is 0 Å². The van der Waals surface area contributed by atoms with Crippen LogP contribution in [-0.2, 0) is 17.9 Å². The number of hydrogen-bond donors (Lipinski definition) is 1. The minimum Gasteiger partial charge on any atom is -0.480 e. The van der Waals surface area contributed by atoms with Crippen molar-refractivity contribution in [2.75, 3.05) is 6.54 Å². The van der Waals surface area contributed by atoms with E-state index in [1.165, 1.54) is 0 Å². The van der Waals surface area contributed by atoms with E-state index in [1.54, 1.807) is 6.20 Å². The van der Waals surface area contributed by atoms with Crippen LogP contribution in [0.25, 0.3) is 0 Å². The molecule has 1 aliphatic heterocycles. The fourth-order valence-corrected chi connectivity index (χ4v) is 2.47. The number of imidazole rings is 1. The standard InChI is InChI=1S/C12H19N3O2/c1-3-14-8-6-13-10(14)9-15-7-4-5-12(15,2)11(16)17/h6,8H,3-5,7,9H2,1-2H3,(H,16,17). The number of aryl methyl sites for hydroxylation is 1. The molecule has 1 aromatic rings. The fraction of sp³-hybridized carbons (Fsp3) is 0.667. The number of aliphatic carboxylic acids is 1. The zero-order chi connectivity index (χ0) is 12.5. The van der Waals surface area contributed by atoms with Crippen molar-refractivity contribution in [3.05, 3.63) is 18.2 Å². The molecule has 2 heterocycles. The molecule has 0 aromatic carbocycles. The molecule has 94 valence electrons. The van der Waals surface area contributed by atoms with Gasteiger partial charge in [-0.2, -0.15) is 0 Å². The summed E-state index contributed by atoms with van der Waals surface area (Å²) in [6, 6.07) is 0. The summed E-state index contributed by atoms with van der Waals surface area (Å²) in [4.78, 5) is 17.7. The molecule has 0 saturated carbocycles. The van der Waals surface area contributed by atoms with Gasteiger partial charge in [0.25, 0.3) is 0 Å². The van der Waals surface area contributed by atoms with E-state index in [0.29, 0.717) is 6.54 Å². The number of carbonyl (C=O) groups is 1. The summed E-state index contributed by atoms with van der Waals surface area (Å²) in [7, 11) is 0. The molecule has 5 heteroatoms. The van der Waals surface area contributed by atoms with Gasteiger partial charge >= 0.3 is 5.97 Å². The molecule has 0 amide bonds. The molecule has 0 aliphatic carbocycles. The van der Waals surface area contributed by atoms with Crippen molar-refractivity contribution >= 4 is 5.97 Å². The zero-order valence-electron chi connectivity index (χ0n) is 10.4. The molecular weight excluding hydrogens is 218 g/mol. The van der Waals surface area contributed by atoms with Gasteiger partial charge in [-0.3, -0.25) is 9.69 Å². The van der Waals surface area contributed by atoms with Gasteiger partial charge in [0.15, 0.2) is 0 Å². The lowest BCUT2D eigenvalue weighted by atomic mass is 9.99. The summed E-state index contributed by atoms with van der Waals surface area (Å²) >= 11 is 0. The summed E-state index contributed by atoms with van der Waals surface area (Å²) in [6.07, 6.45) is 5.36. The number of nitrogens with zero attached hydrogens (tertiary/aromatic N) is 3. The minimum atomic E-state index is -0.732. The number of aromatic nitrogens is 2. The van der Waals surface area contributed by atoms with Crippen molar-refractivity contribution < 1.29 is 9.90 Å². The molecule has 1 fully saturated rings. The van der Waals surface area contributed by atoms with E-state index in [9.17, 15) is 9.90 Å². The molecule has 0 radical (unpaired) electrons. The van der Waals surface area contributed by atoms with Crippen LogP contribution in [-0.4, -0.2) is 37.6 Å². The summed E-state index contributed by atoms with van der Waals surface area (Å²) in [5.41, 5.74) is -0.732. The molecule has 1 aliphatic rings. The Morgan fingerprint density at radius 2 is 2.41 bits per heavy atom. The van der Waals surface area contributed by atoms with Crippen LogP contribution < -0.4 is 0 Å². The highest BCUT2D eigenvalue weighted by molar-refractivity contribution is 5.78. The van der Waals surface area contributed by atoms with E-state index >= 15 is 0 Å². The number of rotatable bonds is 4. The van der Waals surface area contributed by atoms with Crippen molar-refractivity contribution in [1.82, 2.24) is 14.5 Å². The maximum absolute atomic E-state index is 11.3. The van der Waals surface area contributed by atoms with Gasteiger partial charge < -0.3 is 9.67 Å². The number of carboxylic acid groups (broad SMARTS) is 1. The second-order valence-electron chi connectivity index (χ2n) is 4.73. The highest BCUT2D eigenvalue weighted by Crippen LogP contribution is 2.30. The third-order valence-corrected chi connectivity index (χ3v) is 3.72. The van der Waals surface area contributed by atoms with E-state index in [0.717, 1.165) is 31.8 Å². The van der Waals surface area contributed by atoms with E-state index in [4.69, 9.17) is 0 Å². The molecule has 5 nitrogen and oxygen atoms in total. The first-order valence-corrected chi connectivity index (χ1v) is 6.06. The fourth-order valence-electron chi connectivity index (χ4n) is 2.47. The van der Waals surface area contributed by atoms with Crippen molar-refractivity contribution in [2.45, 2.75) is 45.3 Å². The van der Waals surface area contributed by atoms with Crippen LogP contribution >= 0.6 is 0 Å². The summed E-state index contributed by atoms with van der Waals surface area (Å²) < 4.78 is 2.06. The topological polar surface area (TPSA) is 58.4 Å². The van der Waals surface area contributed by atoms with Gasteiger partial charge in [-0.1, -0.05) is 0 Å². The molecule has 0 bridgehead atoms. The highest BCUT2D eigenvalue weighted by Gasteiger charge is 2.43. The first-order chi connectivity index (χ1) is 8.08. The Kier molecular flexibility index (Phi) is 3.19. The third-order valence-electron chi connectivity index (χ3n) is 3.72. The molecule has 17 heavy (non-hydrogen) atoms. The predicted octanol–water partition coefficient (Wildman–Crippen LogP) is 1.34. The van der Waals surface area contributed by atoms with Gasteiger partial charge in [0, 0.05) is 18.9 Å². The molecule has 2 rings (SSSR count). The van der Waals surface area contributed by atoms with Gasteiger partial charge in [0.2, 0.25) is 0 Å². The van der Waals surface area contributed by atoms with Gasteiger partial charge in [-0.15, -0.1) is 0 Å². The molecule has 1 aromatic heterocycles. The van der Waals surface area contributed by atoms with Crippen molar-refractivity contribution in [3.8, 4) is 0 Å². The number of likely N-dealkylation sites (tertiary alicyclic amines) is 1. The van der Waals surface area contributed by atoms with Gasteiger partial charge in [0.1, 0.15) is 11.4 Å². The molecule has 1 atom stereocenters. The van der Waals surface area contributed by atoms with Crippen LogP contribution in [0.3, 0.4) is 0 Å². The highest BCUT2D eigenvalue weighted by atomic mass is 16.4. The predicted molar refractivity (Wildman–Crippen MR) is 63.6 cm³/mol. The summed E-state index contributed by atoms with van der Waals surface area (Å²) in [5, 5.41) is 9.33.